The molecule has 4 N–H and O–H groups in total. The predicted molar refractivity (Wildman–Crippen MR) is 89.2 cm³/mol. The maximum absolute atomic E-state index is 8.44. The van der Waals surface area contributed by atoms with E-state index in [0.717, 1.165) is 31.5 Å². The van der Waals surface area contributed by atoms with Crippen molar-refractivity contribution < 1.29 is 26.7 Å². The average molecular weight is 364 g/mol. The molecular weight excluding hydrogens is 335 g/mol. The number of hydrogen-bond donors (Lipinski definition) is 0. The van der Waals surface area contributed by atoms with Gasteiger partial charge in [-0.05, 0) is 19.6 Å². The zero-order chi connectivity index (χ0) is 17.1. The Hall–Kier alpha value is -1.00. The van der Waals surface area contributed by atoms with Crippen molar-refractivity contribution in [3.63, 3.8) is 0 Å². The van der Waals surface area contributed by atoms with E-state index in [4.69, 9.17) is 25.7 Å². The van der Waals surface area contributed by atoms with Crippen molar-refractivity contribution in [3.05, 3.63) is 33.0 Å². The van der Waals surface area contributed by atoms with Gasteiger partial charge in [-0.2, -0.15) is 13.1 Å². The molecule has 0 aliphatic heterocycles. The number of nitrogens with one attached hydrogen (secondary N) is 1. The number of hydrogen-bond acceptors (Lipinski definition) is 4. The predicted octanol–water partition coefficient (Wildman–Crippen LogP) is 2.18. The first-order valence-corrected chi connectivity index (χ1v) is 6.77. The fraction of sp³-hybridized carbons (Fsp3) is 0.769. The quantitative estimate of drug-likeness (QED) is 0.163. The Morgan fingerprint density at radius 3 is 2.05 bits per heavy atom. The zero-order valence-electron chi connectivity index (χ0n) is 13.8. The molecule has 0 aliphatic carbocycles. The van der Waals surface area contributed by atoms with Crippen molar-refractivity contribution in [2.45, 2.75) is 27.7 Å². The van der Waals surface area contributed by atoms with Crippen LogP contribution in [0.2, 0.25) is 0 Å². The van der Waals surface area contributed by atoms with Gasteiger partial charge < -0.3 is 31.2 Å². The van der Waals surface area contributed by atoms with Crippen LogP contribution in [-0.4, -0.2) is 59.9 Å². The third kappa shape index (κ3) is 36.4. The molecular formula is C13H29CoN4O4+. The molecule has 0 saturated heterocycles. The van der Waals surface area contributed by atoms with Crippen molar-refractivity contribution in [2.75, 3.05) is 39.3 Å². The summed E-state index contributed by atoms with van der Waals surface area (Å²) in [5, 5.41) is 20.0. The summed E-state index contributed by atoms with van der Waals surface area (Å²) < 4.78 is 0. The van der Waals surface area contributed by atoms with Crippen molar-refractivity contribution in [2.24, 2.45) is 5.34 Å². The Kier molecular flexibility index (Phi) is 33.0. The zero-order valence-corrected chi connectivity index (χ0v) is 14.8. The van der Waals surface area contributed by atoms with E-state index in [-0.39, 0.29) is 22.6 Å². The SMILES string of the molecule is CC(=[OH+])C=C(C)[OH2+].CCN(CC)CC[N-]CC[NH-].O=N[O-].[Co+2]. The summed E-state index contributed by atoms with van der Waals surface area (Å²) >= 11 is 0. The van der Waals surface area contributed by atoms with E-state index >= 15 is 0 Å². The molecule has 9 heteroatoms. The molecule has 0 aliphatic rings. The Labute approximate surface area is 143 Å². The second-order valence-corrected chi connectivity index (χ2v) is 3.99. The monoisotopic (exact) mass is 364 g/mol. The number of likely N-dealkylation sites (N-methyl/N-ethyl adjacent to an activating group) is 1. The average Bonchev–Trinajstić information content (AvgIpc) is 2.39. The van der Waals surface area contributed by atoms with E-state index in [1.807, 2.05) is 0 Å². The second kappa shape index (κ2) is 25.0. The summed E-state index contributed by atoms with van der Waals surface area (Å²) in [6, 6.07) is 0. The first-order chi connectivity index (χ1) is 9.89. The maximum atomic E-state index is 8.44. The summed E-state index contributed by atoms with van der Waals surface area (Å²) in [6.07, 6.45) is 1.39. The van der Waals surface area contributed by atoms with Crippen LogP contribution >= 0.6 is 0 Å². The van der Waals surface area contributed by atoms with Gasteiger partial charge in [0.2, 0.25) is 5.76 Å². The summed E-state index contributed by atoms with van der Waals surface area (Å²) in [5.41, 5.74) is 6.87. The van der Waals surface area contributed by atoms with Crippen LogP contribution in [0.5, 0.6) is 0 Å². The van der Waals surface area contributed by atoms with E-state index in [9.17, 15) is 0 Å². The molecule has 133 valence electrons. The van der Waals surface area contributed by atoms with Crippen LogP contribution in [0.3, 0.4) is 0 Å². The van der Waals surface area contributed by atoms with Crippen LogP contribution in [0.15, 0.2) is 17.2 Å². The minimum absolute atomic E-state index is 0. The normalized spacial score (nSPS) is 9.64. The molecule has 0 amide bonds. The van der Waals surface area contributed by atoms with E-state index in [0.29, 0.717) is 18.8 Å². The molecule has 0 saturated carbocycles. The van der Waals surface area contributed by atoms with Gasteiger partial charge in [-0.3, -0.25) is 4.79 Å². The largest absolute Gasteiger partial charge is 2.00 e. The Morgan fingerprint density at radius 1 is 1.36 bits per heavy atom. The molecule has 1 radical (unpaired) electrons. The van der Waals surface area contributed by atoms with Crippen LogP contribution in [0, 0.1) is 10.1 Å². The minimum atomic E-state index is 0. The summed E-state index contributed by atoms with van der Waals surface area (Å²) in [6.45, 7) is 12.7. The van der Waals surface area contributed by atoms with Gasteiger partial charge in [0.05, 0.1) is 6.92 Å². The van der Waals surface area contributed by atoms with Gasteiger partial charge in [0.1, 0.15) is 6.08 Å². The fourth-order valence-corrected chi connectivity index (χ4v) is 1.26. The van der Waals surface area contributed by atoms with Crippen molar-refractivity contribution >= 4 is 5.78 Å². The Morgan fingerprint density at radius 2 is 1.82 bits per heavy atom. The molecule has 0 aromatic heterocycles. The second-order valence-electron chi connectivity index (χ2n) is 3.99. The summed E-state index contributed by atoms with van der Waals surface area (Å²) in [4.78, 5) is 18.8. The van der Waals surface area contributed by atoms with Gasteiger partial charge in [0.25, 0.3) is 0 Å². The van der Waals surface area contributed by atoms with E-state index in [1.54, 1.807) is 6.92 Å². The number of allylic oxidation sites excluding steroid dienone is 2. The molecule has 0 spiro atoms. The van der Waals surface area contributed by atoms with Gasteiger partial charge in [-0.25, -0.2) is 0 Å². The van der Waals surface area contributed by atoms with Gasteiger partial charge >= 0.3 is 22.6 Å². The smallest absolute Gasteiger partial charge is 0.679 e. The first-order valence-electron chi connectivity index (χ1n) is 6.77. The minimum Gasteiger partial charge on any atom is -0.679 e. The number of carbonyl (C=O) groups excluding carboxylic acids is 1. The topological polar surface area (TPSA) is 138 Å². The standard InChI is InChI=1S/C8H19N3.C5H8O2.Co.HNO2/c1-3-11(4-2)8-7-10-6-5-9;1-4(6)3-5(2)7;;2-1-3/h9H,3-8H2,1-2H3;3,6H,1-2H3;;(H,2,3)/q-2;;+2;/p+1. The molecule has 0 atom stereocenters. The third-order valence-corrected chi connectivity index (χ3v) is 2.16. The van der Waals surface area contributed by atoms with Crippen LogP contribution in [0.1, 0.15) is 27.7 Å². The van der Waals surface area contributed by atoms with Crippen LogP contribution in [0.25, 0.3) is 11.1 Å². The van der Waals surface area contributed by atoms with Gasteiger partial charge in [-0.15, -0.1) is 11.9 Å². The molecule has 0 fully saturated rings. The van der Waals surface area contributed by atoms with E-state index in [2.05, 4.69) is 24.1 Å². The Balaban J connectivity index is -0.000000127. The van der Waals surface area contributed by atoms with Crippen molar-refractivity contribution in [1.29, 1.82) is 0 Å². The van der Waals surface area contributed by atoms with E-state index < -0.39 is 0 Å². The number of nitrogens with zero attached hydrogens (tertiary/aromatic N) is 3. The molecule has 0 aromatic rings. The summed E-state index contributed by atoms with van der Waals surface area (Å²) in [5.74, 6) is 0.563. The summed E-state index contributed by atoms with van der Waals surface area (Å²) in [7, 11) is 0. The van der Waals surface area contributed by atoms with Crippen molar-refractivity contribution in [1.82, 2.24) is 4.90 Å². The number of rotatable bonds is 8. The van der Waals surface area contributed by atoms with Crippen LogP contribution in [0.4, 0.5) is 0 Å². The molecule has 0 rings (SSSR count). The molecule has 22 heavy (non-hydrogen) atoms. The van der Waals surface area contributed by atoms with Gasteiger partial charge in [0, 0.05) is 6.92 Å². The Bertz CT molecular complexity index is 271. The molecule has 0 bridgehead atoms. The van der Waals surface area contributed by atoms with Gasteiger partial charge in [0.15, 0.2) is 0 Å². The van der Waals surface area contributed by atoms with Crippen LogP contribution in [-0.2, 0) is 16.8 Å². The van der Waals surface area contributed by atoms with Crippen LogP contribution < -0.4 is 0 Å². The molecule has 0 aromatic carbocycles. The fourth-order valence-electron chi connectivity index (χ4n) is 1.26. The van der Waals surface area contributed by atoms with E-state index in [1.165, 1.54) is 13.0 Å². The molecule has 0 unspecified atom stereocenters. The molecule has 0 heterocycles. The van der Waals surface area contributed by atoms with Crippen molar-refractivity contribution in [3.8, 4) is 0 Å². The first kappa shape index (κ1) is 29.1. The molecule has 8 nitrogen and oxygen atoms in total. The maximum Gasteiger partial charge on any atom is 2.00 e. The number of ketones is 1. The van der Waals surface area contributed by atoms with Gasteiger partial charge in [-0.1, -0.05) is 13.8 Å². The third-order valence-electron chi connectivity index (χ3n) is 2.16.